The molecule has 4 aromatic rings. The van der Waals surface area contributed by atoms with Gasteiger partial charge in [-0.05, 0) is 118 Å². The molecule has 0 saturated heterocycles. The zero-order chi connectivity index (χ0) is 38.4. The van der Waals surface area contributed by atoms with Crippen LogP contribution < -0.4 is 0 Å². The molecule has 0 bridgehead atoms. The summed E-state index contributed by atoms with van der Waals surface area (Å²) in [5.74, 6) is 2.73. The molecule has 288 valence electrons. The van der Waals surface area contributed by atoms with Crippen molar-refractivity contribution in [2.75, 3.05) is 0 Å². The van der Waals surface area contributed by atoms with Gasteiger partial charge in [0.05, 0.1) is 8.07 Å². The lowest BCUT2D eigenvalue weighted by molar-refractivity contribution is 0.354. The SMILES string of the molecule is Cc1cc2c(c(-c3ccc(C(C)C)cc3)c1)C([Si](C)(C)C1C(CC3CCCCC3)=Cc3cc(C)cc(-c4ccc(C(C)C)cc4)c31)=C(CC1CCCCC1)C2. The van der Waals surface area contributed by atoms with E-state index >= 15 is 0 Å². The fraction of sp³-hybridized carbons (Fsp3) is 0.481. The molecule has 2 fully saturated rings. The van der Waals surface area contributed by atoms with Crippen LogP contribution in [0.3, 0.4) is 0 Å². The maximum absolute atomic E-state index is 2.81. The van der Waals surface area contributed by atoms with Crippen LogP contribution in [-0.2, 0) is 6.42 Å². The first-order valence-electron chi connectivity index (χ1n) is 22.4. The van der Waals surface area contributed by atoms with E-state index in [0.29, 0.717) is 17.4 Å². The van der Waals surface area contributed by atoms with Crippen molar-refractivity contribution >= 4 is 19.3 Å². The van der Waals surface area contributed by atoms with Gasteiger partial charge in [0, 0.05) is 5.54 Å². The summed E-state index contributed by atoms with van der Waals surface area (Å²) < 4.78 is 0. The highest BCUT2D eigenvalue weighted by atomic mass is 28.3. The molecule has 0 heterocycles. The van der Waals surface area contributed by atoms with Gasteiger partial charge in [-0.3, -0.25) is 0 Å². The Labute approximate surface area is 336 Å². The highest BCUT2D eigenvalue weighted by Crippen LogP contribution is 2.57. The zero-order valence-corrected chi connectivity index (χ0v) is 36.6. The van der Waals surface area contributed by atoms with Crippen molar-refractivity contribution in [3.05, 3.63) is 128 Å². The minimum atomic E-state index is -2.24. The third-order valence-electron chi connectivity index (χ3n) is 14.4. The molecule has 2 saturated carbocycles. The minimum absolute atomic E-state index is 0.476. The van der Waals surface area contributed by atoms with Crippen LogP contribution in [0.1, 0.15) is 167 Å². The van der Waals surface area contributed by atoms with Crippen molar-refractivity contribution in [3.8, 4) is 22.3 Å². The van der Waals surface area contributed by atoms with Gasteiger partial charge in [0.2, 0.25) is 0 Å². The summed E-state index contributed by atoms with van der Waals surface area (Å²) in [5, 5.41) is 1.82. The first-order valence-corrected chi connectivity index (χ1v) is 25.5. The van der Waals surface area contributed by atoms with Gasteiger partial charge in [-0.1, -0.05) is 206 Å². The minimum Gasteiger partial charge on any atom is -0.0656 e. The molecule has 0 amide bonds. The topological polar surface area (TPSA) is 0 Å². The van der Waals surface area contributed by atoms with Crippen molar-refractivity contribution in [1.82, 2.24) is 0 Å². The third kappa shape index (κ3) is 7.69. The van der Waals surface area contributed by atoms with E-state index in [4.69, 9.17) is 0 Å². The molecule has 4 aliphatic rings. The van der Waals surface area contributed by atoms with E-state index < -0.39 is 8.07 Å². The molecule has 1 heteroatoms. The quantitative estimate of drug-likeness (QED) is 0.142. The summed E-state index contributed by atoms with van der Waals surface area (Å²) in [4.78, 5) is 0. The van der Waals surface area contributed by atoms with Crippen LogP contribution in [0.4, 0.5) is 0 Å². The smallest absolute Gasteiger partial charge is 0.0656 e. The Balaban J connectivity index is 1.33. The number of benzene rings is 4. The van der Waals surface area contributed by atoms with Crippen LogP contribution >= 0.6 is 0 Å². The summed E-state index contributed by atoms with van der Waals surface area (Å²) in [7, 11) is -2.24. The number of allylic oxidation sites excluding steroid dienone is 2. The predicted octanol–water partition coefficient (Wildman–Crippen LogP) is 16.1. The molecular formula is C54H68Si. The lowest BCUT2D eigenvalue weighted by atomic mass is 9.84. The Morgan fingerprint density at radius 3 is 1.67 bits per heavy atom. The number of hydrogen-bond donors (Lipinski definition) is 0. The summed E-state index contributed by atoms with van der Waals surface area (Å²) in [6, 6.07) is 29.6. The van der Waals surface area contributed by atoms with Crippen molar-refractivity contribution in [2.45, 2.75) is 155 Å². The van der Waals surface area contributed by atoms with Crippen LogP contribution in [-0.4, -0.2) is 8.07 Å². The van der Waals surface area contributed by atoms with Crippen molar-refractivity contribution in [1.29, 1.82) is 0 Å². The zero-order valence-electron chi connectivity index (χ0n) is 35.6. The summed E-state index contributed by atoms with van der Waals surface area (Å²) in [6.45, 7) is 19.6. The van der Waals surface area contributed by atoms with E-state index in [0.717, 1.165) is 18.3 Å². The number of fused-ring (bicyclic) bond motifs is 2. The van der Waals surface area contributed by atoms with Crippen molar-refractivity contribution in [3.63, 3.8) is 0 Å². The molecule has 8 rings (SSSR count). The van der Waals surface area contributed by atoms with E-state index in [1.165, 1.54) is 127 Å². The van der Waals surface area contributed by atoms with E-state index in [9.17, 15) is 0 Å². The molecule has 0 nitrogen and oxygen atoms in total. The van der Waals surface area contributed by atoms with E-state index in [1.807, 2.05) is 10.8 Å². The van der Waals surface area contributed by atoms with Crippen LogP contribution in [0, 0.1) is 25.7 Å². The highest BCUT2D eigenvalue weighted by Gasteiger charge is 2.47. The Morgan fingerprint density at radius 2 is 1.11 bits per heavy atom. The van der Waals surface area contributed by atoms with Crippen LogP contribution in [0.25, 0.3) is 33.5 Å². The summed E-state index contributed by atoms with van der Waals surface area (Å²) >= 11 is 0. The average Bonchev–Trinajstić information content (AvgIpc) is 3.73. The fourth-order valence-electron chi connectivity index (χ4n) is 11.7. The molecule has 55 heavy (non-hydrogen) atoms. The van der Waals surface area contributed by atoms with Crippen LogP contribution in [0.15, 0.2) is 83.9 Å². The van der Waals surface area contributed by atoms with Crippen molar-refractivity contribution < 1.29 is 0 Å². The second-order valence-electron chi connectivity index (χ2n) is 19.7. The Hall–Kier alpha value is -3.42. The first-order chi connectivity index (χ1) is 26.5. The molecule has 0 radical (unpaired) electrons. The normalized spacial score (nSPS) is 19.4. The van der Waals surface area contributed by atoms with E-state index in [1.54, 1.807) is 22.3 Å². The Bertz CT molecular complexity index is 2070. The molecule has 1 atom stereocenters. The molecular weight excluding hydrogens is 677 g/mol. The van der Waals surface area contributed by atoms with Gasteiger partial charge >= 0.3 is 0 Å². The van der Waals surface area contributed by atoms with Gasteiger partial charge in [-0.25, -0.2) is 0 Å². The highest BCUT2D eigenvalue weighted by molar-refractivity contribution is 6.96. The average molecular weight is 745 g/mol. The molecule has 1 unspecified atom stereocenters. The maximum atomic E-state index is 2.81. The van der Waals surface area contributed by atoms with E-state index in [-0.39, 0.29) is 0 Å². The maximum Gasteiger partial charge on any atom is 0.0931 e. The third-order valence-corrected chi connectivity index (χ3v) is 18.4. The molecule has 0 aliphatic heterocycles. The standard InChI is InChI=1S/C54H68Si/c1-35(2)41-19-23-43(24-20-41)49-29-37(5)27-45-33-47(31-39-15-11-9-12-16-39)53(51(45)49)55(7,8)54-48(32-40-17-13-10-14-18-40)34-46-28-38(6)30-50(52(46)54)44-25-21-42(22-26-44)36(3)4/h19-30,33,35-36,39-40,53H,9-18,31-32,34H2,1-8H3. The largest absolute Gasteiger partial charge is 0.0931 e. The number of aryl methyl sites for hydroxylation is 2. The van der Waals surface area contributed by atoms with Gasteiger partial charge in [0.1, 0.15) is 0 Å². The molecule has 0 N–H and O–H groups in total. The lowest BCUT2D eigenvalue weighted by Gasteiger charge is -2.39. The van der Waals surface area contributed by atoms with Crippen LogP contribution in [0.2, 0.25) is 13.1 Å². The number of hydrogen-bond acceptors (Lipinski definition) is 0. The van der Waals surface area contributed by atoms with Gasteiger partial charge in [-0.15, -0.1) is 0 Å². The summed E-state index contributed by atoms with van der Waals surface area (Å²) in [6.07, 6.45) is 20.5. The van der Waals surface area contributed by atoms with Crippen molar-refractivity contribution in [2.24, 2.45) is 11.8 Å². The van der Waals surface area contributed by atoms with Gasteiger partial charge in [0.25, 0.3) is 0 Å². The predicted molar refractivity (Wildman–Crippen MR) is 243 cm³/mol. The monoisotopic (exact) mass is 745 g/mol. The fourth-order valence-corrected chi connectivity index (χ4v) is 16.2. The molecule has 0 aromatic heterocycles. The molecule has 4 aliphatic carbocycles. The number of rotatable bonds is 10. The molecule has 0 spiro atoms. The van der Waals surface area contributed by atoms with E-state index in [2.05, 4.69) is 134 Å². The van der Waals surface area contributed by atoms with Crippen LogP contribution in [0.5, 0.6) is 0 Å². The Morgan fingerprint density at radius 1 is 0.600 bits per heavy atom. The second kappa shape index (κ2) is 15.8. The second-order valence-corrected chi connectivity index (χ2v) is 24.2. The first kappa shape index (κ1) is 38.5. The van der Waals surface area contributed by atoms with Gasteiger partial charge in [-0.2, -0.15) is 0 Å². The van der Waals surface area contributed by atoms with Gasteiger partial charge < -0.3 is 0 Å². The molecule has 4 aromatic carbocycles. The lowest BCUT2D eigenvalue weighted by Crippen LogP contribution is -2.38. The van der Waals surface area contributed by atoms with Gasteiger partial charge in [0.15, 0.2) is 0 Å². The Kier molecular flexibility index (Phi) is 11.1. The summed E-state index contributed by atoms with van der Waals surface area (Å²) in [5.41, 5.74) is 21.9.